The predicted molar refractivity (Wildman–Crippen MR) is 85.1 cm³/mol. The number of halogens is 3. The first-order chi connectivity index (χ1) is 12.0. The Balaban J connectivity index is 2.33. The highest BCUT2D eigenvalue weighted by atomic mass is 19.2. The van der Waals surface area contributed by atoms with E-state index in [-0.39, 0.29) is 23.7 Å². The van der Waals surface area contributed by atoms with Gasteiger partial charge in [0.25, 0.3) is 0 Å². The summed E-state index contributed by atoms with van der Waals surface area (Å²) in [7, 11) is 0. The Kier molecular flexibility index (Phi) is 6.44. The molecule has 0 unspecified atom stereocenters. The molecule has 2 N–H and O–H groups in total. The number of nitrogens with zero attached hydrogens (tertiary/aromatic N) is 3. The first-order valence-electron chi connectivity index (χ1n) is 7.72. The van der Waals surface area contributed by atoms with Gasteiger partial charge in [0.1, 0.15) is 11.9 Å². The van der Waals surface area contributed by atoms with Crippen LogP contribution in [0.15, 0.2) is 12.1 Å². The van der Waals surface area contributed by atoms with Crippen LogP contribution in [0.4, 0.5) is 13.2 Å². The van der Waals surface area contributed by atoms with E-state index in [0.29, 0.717) is 31.6 Å². The number of hydrogen-bond acceptors (Lipinski definition) is 5. The minimum Gasteiger partial charge on any atom is -0.395 e. The Bertz CT molecular complexity index is 805. The number of nitriles is 1. The Hall–Kier alpha value is -2.50. The van der Waals surface area contributed by atoms with Gasteiger partial charge in [-0.05, 0) is 38.4 Å². The molecule has 1 aromatic carbocycles. The molecule has 132 valence electrons. The zero-order valence-electron chi connectivity index (χ0n) is 13.6. The second kappa shape index (κ2) is 8.55. The lowest BCUT2D eigenvalue weighted by atomic mass is 10.0. The molecule has 0 saturated heterocycles. The number of nitrogens with one attached hydrogen (secondary N) is 1. The molecule has 0 aliphatic rings. The molecule has 1 heterocycles. The molecular weight excluding hydrogens is 333 g/mol. The minimum absolute atomic E-state index is 0.0318. The fourth-order valence-electron chi connectivity index (χ4n) is 2.33. The number of aromatic nitrogens is 2. The molecule has 0 aliphatic carbocycles. The third-order valence-corrected chi connectivity index (χ3v) is 3.61. The molecule has 2 rings (SSSR count). The first-order valence-corrected chi connectivity index (χ1v) is 7.72. The van der Waals surface area contributed by atoms with Gasteiger partial charge >= 0.3 is 0 Å². The number of aliphatic hydroxyl groups excluding tert-OH is 1. The highest BCUT2D eigenvalue weighted by molar-refractivity contribution is 5.62. The molecule has 1 aromatic heterocycles. The molecule has 0 saturated carbocycles. The monoisotopic (exact) mass is 350 g/mol. The van der Waals surface area contributed by atoms with Gasteiger partial charge in [0.2, 0.25) is 5.82 Å². The van der Waals surface area contributed by atoms with Gasteiger partial charge in [-0.1, -0.05) is 0 Å². The zero-order chi connectivity index (χ0) is 18.4. The van der Waals surface area contributed by atoms with Gasteiger partial charge in [0, 0.05) is 23.4 Å². The van der Waals surface area contributed by atoms with Crippen LogP contribution in [-0.2, 0) is 6.42 Å². The molecule has 0 bridgehead atoms. The van der Waals surface area contributed by atoms with Gasteiger partial charge in [-0.2, -0.15) is 5.26 Å². The van der Waals surface area contributed by atoms with Gasteiger partial charge in [0.05, 0.1) is 12.3 Å². The minimum atomic E-state index is -1.24. The molecule has 2 aromatic rings. The largest absolute Gasteiger partial charge is 0.395 e. The van der Waals surface area contributed by atoms with Crippen molar-refractivity contribution in [3.63, 3.8) is 0 Å². The van der Waals surface area contributed by atoms with Crippen LogP contribution in [0.3, 0.4) is 0 Å². The fourth-order valence-corrected chi connectivity index (χ4v) is 2.33. The summed E-state index contributed by atoms with van der Waals surface area (Å²) in [5.41, 5.74) is -0.129. The smallest absolute Gasteiger partial charge is 0.232 e. The van der Waals surface area contributed by atoms with Crippen LogP contribution in [0, 0.1) is 35.7 Å². The van der Waals surface area contributed by atoms with Crippen molar-refractivity contribution >= 4 is 0 Å². The SMILES string of the molecule is Cc1c(F)c(F)cc(-c2cc(CCCNCCO)nc(C#N)n2)c1F. The van der Waals surface area contributed by atoms with Crippen molar-refractivity contribution in [1.29, 1.82) is 5.26 Å². The zero-order valence-corrected chi connectivity index (χ0v) is 13.6. The molecule has 0 spiro atoms. The topological polar surface area (TPSA) is 81.8 Å². The van der Waals surface area contributed by atoms with Crippen LogP contribution in [0.25, 0.3) is 11.3 Å². The van der Waals surface area contributed by atoms with E-state index < -0.39 is 23.0 Å². The molecule has 0 fully saturated rings. The maximum atomic E-state index is 14.3. The van der Waals surface area contributed by atoms with E-state index in [1.165, 1.54) is 6.07 Å². The fraction of sp³-hybridized carbons (Fsp3) is 0.353. The van der Waals surface area contributed by atoms with Crippen LogP contribution in [0.5, 0.6) is 0 Å². The third kappa shape index (κ3) is 4.53. The van der Waals surface area contributed by atoms with Crippen molar-refractivity contribution in [2.75, 3.05) is 19.7 Å². The lowest BCUT2D eigenvalue weighted by molar-refractivity contribution is 0.292. The van der Waals surface area contributed by atoms with Crippen LogP contribution in [-0.4, -0.2) is 34.8 Å². The Morgan fingerprint density at radius 3 is 2.60 bits per heavy atom. The van der Waals surface area contributed by atoms with E-state index in [1.807, 2.05) is 0 Å². The average Bonchev–Trinajstić information content (AvgIpc) is 2.62. The second-order valence-electron chi connectivity index (χ2n) is 5.42. The number of aliphatic hydroxyl groups is 1. The highest BCUT2D eigenvalue weighted by Gasteiger charge is 2.18. The van der Waals surface area contributed by atoms with Crippen molar-refractivity contribution in [2.24, 2.45) is 0 Å². The molecule has 5 nitrogen and oxygen atoms in total. The van der Waals surface area contributed by atoms with E-state index in [1.54, 1.807) is 6.07 Å². The highest BCUT2D eigenvalue weighted by Crippen LogP contribution is 2.27. The van der Waals surface area contributed by atoms with Crippen molar-refractivity contribution in [3.8, 4) is 17.3 Å². The summed E-state index contributed by atoms with van der Waals surface area (Å²) in [5.74, 6) is -3.51. The quantitative estimate of drug-likeness (QED) is 0.591. The van der Waals surface area contributed by atoms with Crippen molar-refractivity contribution in [1.82, 2.24) is 15.3 Å². The summed E-state index contributed by atoms with van der Waals surface area (Å²) in [6.45, 7) is 2.26. The van der Waals surface area contributed by atoms with E-state index in [9.17, 15) is 13.2 Å². The second-order valence-corrected chi connectivity index (χ2v) is 5.42. The summed E-state index contributed by atoms with van der Waals surface area (Å²) in [6.07, 6.45) is 1.15. The number of hydrogen-bond donors (Lipinski definition) is 2. The summed E-state index contributed by atoms with van der Waals surface area (Å²) >= 11 is 0. The van der Waals surface area contributed by atoms with Crippen molar-refractivity contribution in [2.45, 2.75) is 19.8 Å². The Labute approximate surface area is 143 Å². The molecular formula is C17H17F3N4O. The van der Waals surface area contributed by atoms with Gasteiger partial charge in [-0.15, -0.1) is 0 Å². The van der Waals surface area contributed by atoms with Gasteiger partial charge < -0.3 is 10.4 Å². The van der Waals surface area contributed by atoms with Gasteiger partial charge in [-0.3, -0.25) is 0 Å². The lowest BCUT2D eigenvalue weighted by Gasteiger charge is -2.09. The number of aryl methyl sites for hydroxylation is 1. The van der Waals surface area contributed by atoms with Crippen molar-refractivity contribution < 1.29 is 18.3 Å². The van der Waals surface area contributed by atoms with Crippen LogP contribution in [0.2, 0.25) is 0 Å². The predicted octanol–water partition coefficient (Wildman–Crippen LogP) is 2.26. The maximum Gasteiger partial charge on any atom is 0.232 e. The van der Waals surface area contributed by atoms with E-state index in [4.69, 9.17) is 10.4 Å². The van der Waals surface area contributed by atoms with Crippen LogP contribution >= 0.6 is 0 Å². The van der Waals surface area contributed by atoms with E-state index in [0.717, 1.165) is 13.0 Å². The number of rotatable bonds is 7. The third-order valence-electron chi connectivity index (χ3n) is 3.61. The summed E-state index contributed by atoms with van der Waals surface area (Å²) in [4.78, 5) is 7.95. The average molecular weight is 350 g/mol. The van der Waals surface area contributed by atoms with E-state index in [2.05, 4.69) is 15.3 Å². The first kappa shape index (κ1) is 18.8. The summed E-state index contributed by atoms with van der Waals surface area (Å²) in [5, 5.41) is 20.7. The Morgan fingerprint density at radius 1 is 1.16 bits per heavy atom. The molecule has 0 atom stereocenters. The van der Waals surface area contributed by atoms with Gasteiger partial charge in [0.15, 0.2) is 11.6 Å². The maximum absolute atomic E-state index is 14.3. The molecule has 0 radical (unpaired) electrons. The van der Waals surface area contributed by atoms with Crippen molar-refractivity contribution in [3.05, 3.63) is 46.7 Å². The van der Waals surface area contributed by atoms with Crippen LogP contribution < -0.4 is 5.32 Å². The standard InChI is InChI=1S/C17H17F3N4O/c1-10-16(19)12(8-13(18)17(10)20)14-7-11(23-15(9-21)24-14)3-2-4-22-5-6-25/h7-8,22,25H,2-6H2,1H3. The molecule has 0 amide bonds. The molecule has 25 heavy (non-hydrogen) atoms. The van der Waals surface area contributed by atoms with E-state index >= 15 is 0 Å². The number of benzene rings is 1. The van der Waals surface area contributed by atoms with Crippen LogP contribution in [0.1, 0.15) is 23.5 Å². The normalized spacial score (nSPS) is 10.7. The molecule has 8 heteroatoms. The lowest BCUT2D eigenvalue weighted by Crippen LogP contribution is -2.19. The van der Waals surface area contributed by atoms with Gasteiger partial charge in [-0.25, -0.2) is 23.1 Å². The Morgan fingerprint density at radius 2 is 1.92 bits per heavy atom. The summed E-state index contributed by atoms with van der Waals surface area (Å²) < 4.78 is 41.4. The summed E-state index contributed by atoms with van der Waals surface area (Å²) in [6, 6.07) is 3.98. The molecule has 0 aliphatic heterocycles.